The molecule has 2 nitrogen and oxygen atoms in total. The summed E-state index contributed by atoms with van der Waals surface area (Å²) >= 11 is 0. The fourth-order valence-corrected chi connectivity index (χ4v) is 0.930. The molecule has 1 heterocycles. The van der Waals surface area contributed by atoms with Gasteiger partial charge in [0.15, 0.2) is 0 Å². The molecule has 1 rings (SSSR count). The largest absolute Gasteiger partial charge is 0.276 e. The molecule has 0 fully saturated rings. The van der Waals surface area contributed by atoms with Gasteiger partial charge in [0.1, 0.15) is 0 Å². The number of alkyl halides is 2. The van der Waals surface area contributed by atoms with E-state index in [0.29, 0.717) is 6.54 Å². The van der Waals surface area contributed by atoms with E-state index in [2.05, 4.69) is 5.10 Å². The summed E-state index contributed by atoms with van der Waals surface area (Å²) in [4.78, 5) is 0. The third-order valence-corrected chi connectivity index (χ3v) is 1.82. The summed E-state index contributed by atoms with van der Waals surface area (Å²) < 4.78 is 27.5. The van der Waals surface area contributed by atoms with Crippen molar-refractivity contribution < 1.29 is 8.78 Å². The van der Waals surface area contributed by atoms with Crippen molar-refractivity contribution in [1.82, 2.24) is 9.78 Å². The third-order valence-electron chi connectivity index (χ3n) is 1.82. The Labute approximate surface area is 70.2 Å². The molecule has 0 amide bonds. The van der Waals surface area contributed by atoms with Crippen molar-refractivity contribution in [3.63, 3.8) is 0 Å². The second kappa shape index (κ2) is 3.21. The Morgan fingerprint density at radius 2 is 2.17 bits per heavy atom. The Balaban J connectivity index is 2.88. The molecule has 0 N–H and O–H groups in total. The normalized spacial score (nSPS) is 12.0. The van der Waals surface area contributed by atoms with Crippen LogP contribution in [0.25, 0.3) is 0 Å². The molecule has 1 aromatic rings. The molecule has 0 radical (unpaired) electrons. The maximum atomic E-state index is 13.0. The summed E-state index contributed by atoms with van der Waals surface area (Å²) in [6.45, 7) is 3.95. The minimum atomic E-state index is -2.73. The average Bonchev–Trinajstić information content (AvgIpc) is 2.52. The highest BCUT2D eigenvalue weighted by Crippen LogP contribution is 2.30. The molecule has 12 heavy (non-hydrogen) atoms. The molecule has 0 aliphatic carbocycles. The van der Waals surface area contributed by atoms with Gasteiger partial charge in [-0.05, 0) is 6.92 Å². The summed E-state index contributed by atoms with van der Waals surface area (Å²) in [6.07, 6.45) is 2.44. The molecule has 4 heteroatoms. The Bertz CT molecular complexity index is 255. The van der Waals surface area contributed by atoms with Crippen LogP contribution in [0.5, 0.6) is 0 Å². The Morgan fingerprint density at radius 1 is 1.50 bits per heavy atom. The van der Waals surface area contributed by atoms with Gasteiger partial charge in [-0.25, -0.2) is 8.78 Å². The molecule has 0 aliphatic heterocycles. The summed E-state index contributed by atoms with van der Waals surface area (Å²) in [5, 5.41) is 3.79. The highest BCUT2D eigenvalue weighted by molar-refractivity contribution is 5.11. The molecule has 68 valence electrons. The van der Waals surface area contributed by atoms with Gasteiger partial charge in [0.2, 0.25) is 0 Å². The van der Waals surface area contributed by atoms with E-state index in [1.165, 1.54) is 24.0 Å². The van der Waals surface area contributed by atoms with Crippen molar-refractivity contribution >= 4 is 0 Å². The molecule has 0 bridgehead atoms. The number of rotatable bonds is 3. The monoisotopic (exact) mass is 174 g/mol. The molecule has 0 aromatic carbocycles. The maximum absolute atomic E-state index is 13.0. The van der Waals surface area contributed by atoms with Crippen LogP contribution in [-0.2, 0) is 12.5 Å². The molecule has 0 atom stereocenters. The minimum Gasteiger partial charge on any atom is -0.273 e. The van der Waals surface area contributed by atoms with E-state index in [1.54, 1.807) is 0 Å². The summed E-state index contributed by atoms with van der Waals surface area (Å²) in [5.41, 5.74) is 0.00634. The number of hydrogen-bond acceptors (Lipinski definition) is 1. The van der Waals surface area contributed by atoms with E-state index in [1.807, 2.05) is 6.92 Å². The first-order valence-electron chi connectivity index (χ1n) is 4.01. The highest BCUT2D eigenvalue weighted by atomic mass is 19.3. The van der Waals surface area contributed by atoms with Crippen molar-refractivity contribution in [3.05, 3.63) is 18.0 Å². The van der Waals surface area contributed by atoms with Crippen LogP contribution in [0.1, 0.15) is 25.8 Å². The Kier molecular flexibility index (Phi) is 2.45. The van der Waals surface area contributed by atoms with Crippen LogP contribution >= 0.6 is 0 Å². The predicted octanol–water partition coefficient (Wildman–Crippen LogP) is 2.40. The fourth-order valence-electron chi connectivity index (χ4n) is 0.930. The smallest absolute Gasteiger partial charge is 0.273 e. The van der Waals surface area contributed by atoms with Crippen molar-refractivity contribution in [1.29, 1.82) is 0 Å². The van der Waals surface area contributed by atoms with E-state index >= 15 is 0 Å². The van der Waals surface area contributed by atoms with Crippen molar-refractivity contribution in [2.24, 2.45) is 0 Å². The summed E-state index contributed by atoms with van der Waals surface area (Å²) in [6, 6.07) is 0. The van der Waals surface area contributed by atoms with E-state index in [0.717, 1.165) is 0 Å². The van der Waals surface area contributed by atoms with E-state index in [4.69, 9.17) is 0 Å². The SMILES string of the molecule is CCn1cc(C(F)(F)CC)cn1. The first-order valence-corrected chi connectivity index (χ1v) is 4.01. The number of aromatic nitrogens is 2. The van der Waals surface area contributed by atoms with Crippen LogP contribution in [-0.4, -0.2) is 9.78 Å². The quantitative estimate of drug-likeness (QED) is 0.688. The van der Waals surface area contributed by atoms with Crippen LogP contribution in [0, 0.1) is 0 Å². The van der Waals surface area contributed by atoms with Gasteiger partial charge in [-0.2, -0.15) is 5.10 Å². The van der Waals surface area contributed by atoms with Crippen molar-refractivity contribution in [2.75, 3.05) is 0 Å². The zero-order valence-corrected chi connectivity index (χ0v) is 7.22. The number of halogens is 2. The zero-order valence-electron chi connectivity index (χ0n) is 7.22. The number of hydrogen-bond donors (Lipinski definition) is 0. The first kappa shape index (κ1) is 9.16. The topological polar surface area (TPSA) is 17.8 Å². The molecule has 0 saturated carbocycles. The van der Waals surface area contributed by atoms with Crippen LogP contribution < -0.4 is 0 Å². The molecular weight excluding hydrogens is 162 g/mol. The van der Waals surface area contributed by atoms with Crippen LogP contribution in [0.15, 0.2) is 12.4 Å². The van der Waals surface area contributed by atoms with Gasteiger partial charge < -0.3 is 0 Å². The summed E-state index contributed by atoms with van der Waals surface area (Å²) in [7, 11) is 0. The number of aryl methyl sites for hydroxylation is 1. The van der Waals surface area contributed by atoms with Crippen molar-refractivity contribution in [2.45, 2.75) is 32.7 Å². The van der Waals surface area contributed by atoms with Gasteiger partial charge in [-0.15, -0.1) is 0 Å². The summed E-state index contributed by atoms with van der Waals surface area (Å²) in [5.74, 6) is -2.73. The lowest BCUT2D eigenvalue weighted by atomic mass is 10.1. The molecule has 0 saturated heterocycles. The maximum Gasteiger partial charge on any atom is 0.276 e. The Morgan fingerprint density at radius 3 is 2.58 bits per heavy atom. The standard InChI is InChI=1S/C8H12F2N2/c1-3-8(9,10)7-5-11-12(4-2)6-7/h5-6H,3-4H2,1-2H3. The molecule has 0 aliphatic rings. The molecule has 0 spiro atoms. The first-order chi connectivity index (χ1) is 5.60. The average molecular weight is 174 g/mol. The van der Waals surface area contributed by atoms with E-state index in [9.17, 15) is 8.78 Å². The third kappa shape index (κ3) is 1.62. The van der Waals surface area contributed by atoms with Gasteiger partial charge in [-0.3, -0.25) is 4.68 Å². The second-order valence-electron chi connectivity index (χ2n) is 2.64. The van der Waals surface area contributed by atoms with Crippen molar-refractivity contribution in [3.8, 4) is 0 Å². The predicted molar refractivity (Wildman–Crippen MR) is 42.1 cm³/mol. The Hall–Kier alpha value is -0.930. The molecular formula is C8H12F2N2. The number of nitrogens with zero attached hydrogens (tertiary/aromatic N) is 2. The van der Waals surface area contributed by atoms with Crippen LogP contribution in [0.4, 0.5) is 8.78 Å². The van der Waals surface area contributed by atoms with E-state index < -0.39 is 5.92 Å². The van der Waals surface area contributed by atoms with Crippen LogP contribution in [0.3, 0.4) is 0 Å². The lowest BCUT2D eigenvalue weighted by Crippen LogP contribution is -2.10. The lowest BCUT2D eigenvalue weighted by Gasteiger charge is -2.10. The van der Waals surface area contributed by atoms with Gasteiger partial charge in [0, 0.05) is 19.2 Å². The molecule has 0 unspecified atom stereocenters. The van der Waals surface area contributed by atoms with Gasteiger partial charge >= 0.3 is 0 Å². The van der Waals surface area contributed by atoms with Gasteiger partial charge in [-0.1, -0.05) is 6.92 Å². The van der Waals surface area contributed by atoms with Gasteiger partial charge in [0.05, 0.1) is 11.8 Å². The fraction of sp³-hybridized carbons (Fsp3) is 0.625. The minimum absolute atomic E-state index is 0.00634. The van der Waals surface area contributed by atoms with Gasteiger partial charge in [0.25, 0.3) is 5.92 Å². The van der Waals surface area contributed by atoms with Crippen LogP contribution in [0.2, 0.25) is 0 Å². The second-order valence-corrected chi connectivity index (χ2v) is 2.64. The zero-order chi connectivity index (χ0) is 9.19. The van der Waals surface area contributed by atoms with E-state index in [-0.39, 0.29) is 12.0 Å². The lowest BCUT2D eigenvalue weighted by molar-refractivity contribution is -0.00836. The highest BCUT2D eigenvalue weighted by Gasteiger charge is 2.30. The molecule has 1 aromatic heterocycles.